The van der Waals surface area contributed by atoms with E-state index in [-0.39, 0.29) is 5.92 Å². The molecule has 0 radical (unpaired) electrons. The highest BCUT2D eigenvalue weighted by Crippen LogP contribution is 2.30. The third kappa shape index (κ3) is 3.10. The van der Waals surface area contributed by atoms with Gasteiger partial charge in [0.2, 0.25) is 0 Å². The zero-order valence-corrected chi connectivity index (χ0v) is 10.7. The summed E-state index contributed by atoms with van der Waals surface area (Å²) in [5.74, 6) is 0.157. The van der Waals surface area contributed by atoms with Crippen LogP contribution < -0.4 is 0 Å². The summed E-state index contributed by atoms with van der Waals surface area (Å²) in [7, 11) is 0. The lowest BCUT2D eigenvalue weighted by Gasteiger charge is -2.28. The maximum absolute atomic E-state index is 10.2. The Bertz CT molecular complexity index is 325. The molecule has 0 aliphatic carbocycles. The molecule has 0 heterocycles. The van der Waals surface area contributed by atoms with Gasteiger partial charge in [0.25, 0.3) is 0 Å². The molecule has 0 saturated carbocycles. The fraction of sp³-hybridized carbons (Fsp3) is 0.500. The molecule has 1 aromatic rings. The largest absolute Gasteiger partial charge is 0.390 e. The third-order valence-corrected chi connectivity index (χ3v) is 3.55. The van der Waals surface area contributed by atoms with Gasteiger partial charge in [0, 0.05) is 16.5 Å². The van der Waals surface area contributed by atoms with Crippen molar-refractivity contribution in [1.29, 1.82) is 0 Å². The van der Waals surface area contributed by atoms with E-state index in [1.165, 1.54) is 0 Å². The van der Waals surface area contributed by atoms with Gasteiger partial charge in [-0.2, -0.15) is 0 Å². The molecular formula is C12H16Cl2O. The summed E-state index contributed by atoms with van der Waals surface area (Å²) in [6.45, 7) is 5.76. The van der Waals surface area contributed by atoms with Crippen molar-refractivity contribution >= 4 is 23.2 Å². The normalized spacial score (nSPS) is 15.4. The Hall–Kier alpha value is -0.240. The maximum Gasteiger partial charge on any atom is 0.0683 e. The first-order chi connectivity index (χ1) is 6.84. The second-order valence-corrected chi connectivity index (χ2v) is 5.20. The van der Waals surface area contributed by atoms with Gasteiger partial charge in [-0.3, -0.25) is 0 Å². The van der Waals surface area contributed by atoms with Crippen molar-refractivity contribution in [2.45, 2.75) is 32.8 Å². The minimum absolute atomic E-state index is 0.157. The van der Waals surface area contributed by atoms with Crippen LogP contribution in [-0.4, -0.2) is 10.7 Å². The molecular weight excluding hydrogens is 231 g/mol. The molecule has 84 valence electrons. The van der Waals surface area contributed by atoms with Crippen LogP contribution in [0.2, 0.25) is 10.0 Å². The lowest BCUT2D eigenvalue weighted by molar-refractivity contribution is 0.0140. The predicted octanol–water partition coefficient (Wildman–Crippen LogP) is 3.94. The van der Waals surface area contributed by atoms with Crippen molar-refractivity contribution in [3.05, 3.63) is 33.8 Å². The summed E-state index contributed by atoms with van der Waals surface area (Å²) >= 11 is 12.1. The Morgan fingerprint density at radius 2 is 1.73 bits per heavy atom. The van der Waals surface area contributed by atoms with Gasteiger partial charge in [0.15, 0.2) is 0 Å². The topological polar surface area (TPSA) is 20.2 Å². The molecule has 1 N–H and O–H groups in total. The fourth-order valence-corrected chi connectivity index (χ4v) is 1.79. The summed E-state index contributed by atoms with van der Waals surface area (Å²) in [5, 5.41) is 11.4. The highest BCUT2D eigenvalue weighted by atomic mass is 35.5. The van der Waals surface area contributed by atoms with Crippen LogP contribution in [0.1, 0.15) is 26.3 Å². The monoisotopic (exact) mass is 246 g/mol. The van der Waals surface area contributed by atoms with Crippen LogP contribution in [0, 0.1) is 5.92 Å². The molecule has 0 fully saturated rings. The Morgan fingerprint density at radius 1 is 1.27 bits per heavy atom. The van der Waals surface area contributed by atoms with Crippen LogP contribution >= 0.6 is 23.2 Å². The van der Waals surface area contributed by atoms with Gasteiger partial charge in [-0.15, -0.1) is 0 Å². The van der Waals surface area contributed by atoms with Gasteiger partial charge < -0.3 is 5.11 Å². The Balaban J connectivity index is 2.99. The lowest BCUT2D eigenvalue weighted by Crippen LogP contribution is -2.33. The molecule has 0 aliphatic rings. The molecule has 0 aromatic heterocycles. The van der Waals surface area contributed by atoms with Crippen molar-refractivity contribution in [2.75, 3.05) is 0 Å². The van der Waals surface area contributed by atoms with Gasteiger partial charge in [-0.25, -0.2) is 0 Å². The van der Waals surface area contributed by atoms with Crippen LogP contribution in [0.15, 0.2) is 18.2 Å². The number of hydrogen-bond acceptors (Lipinski definition) is 1. The summed E-state index contributed by atoms with van der Waals surface area (Å²) in [6.07, 6.45) is 0.475. The van der Waals surface area contributed by atoms with Crippen LogP contribution in [0.3, 0.4) is 0 Å². The Kier molecular flexibility index (Phi) is 4.05. The van der Waals surface area contributed by atoms with Crippen LogP contribution in [-0.2, 0) is 6.42 Å². The number of aliphatic hydroxyl groups is 1. The van der Waals surface area contributed by atoms with Crippen LogP contribution in [0.4, 0.5) is 0 Å². The Labute approximate surface area is 101 Å². The lowest BCUT2D eigenvalue weighted by atomic mass is 9.86. The third-order valence-electron chi connectivity index (χ3n) is 2.84. The SMILES string of the molecule is CC(C)C(C)(O)Cc1c(Cl)cccc1Cl. The van der Waals surface area contributed by atoms with Gasteiger partial charge in [0.1, 0.15) is 0 Å². The van der Waals surface area contributed by atoms with E-state index in [9.17, 15) is 5.11 Å². The molecule has 1 rings (SSSR count). The molecule has 0 bridgehead atoms. The minimum Gasteiger partial charge on any atom is -0.390 e. The van der Waals surface area contributed by atoms with Crippen molar-refractivity contribution < 1.29 is 5.11 Å². The van der Waals surface area contributed by atoms with Gasteiger partial charge in [-0.1, -0.05) is 43.1 Å². The number of benzene rings is 1. The maximum atomic E-state index is 10.2. The molecule has 15 heavy (non-hydrogen) atoms. The first-order valence-electron chi connectivity index (χ1n) is 5.00. The van der Waals surface area contributed by atoms with Gasteiger partial charge >= 0.3 is 0 Å². The van der Waals surface area contributed by atoms with Crippen molar-refractivity contribution in [3.63, 3.8) is 0 Å². The first kappa shape index (κ1) is 12.8. The molecule has 0 aliphatic heterocycles. The molecule has 3 heteroatoms. The van der Waals surface area contributed by atoms with Crippen LogP contribution in [0.25, 0.3) is 0 Å². The van der Waals surface area contributed by atoms with E-state index in [0.717, 1.165) is 5.56 Å². The molecule has 1 atom stereocenters. The van der Waals surface area contributed by atoms with E-state index in [0.29, 0.717) is 16.5 Å². The molecule has 1 nitrogen and oxygen atoms in total. The standard InChI is InChI=1S/C12H16Cl2O/c1-8(2)12(3,15)7-9-10(13)5-4-6-11(9)14/h4-6,8,15H,7H2,1-3H3. The molecule has 1 aromatic carbocycles. The second kappa shape index (κ2) is 4.73. The minimum atomic E-state index is -0.783. The van der Waals surface area contributed by atoms with Crippen molar-refractivity contribution in [3.8, 4) is 0 Å². The van der Waals surface area contributed by atoms with E-state index < -0.39 is 5.60 Å². The highest BCUT2D eigenvalue weighted by molar-refractivity contribution is 6.36. The van der Waals surface area contributed by atoms with E-state index >= 15 is 0 Å². The van der Waals surface area contributed by atoms with Crippen molar-refractivity contribution in [2.24, 2.45) is 5.92 Å². The predicted molar refractivity (Wildman–Crippen MR) is 65.6 cm³/mol. The summed E-state index contributed by atoms with van der Waals surface area (Å²) in [5.41, 5.74) is 0.0359. The highest BCUT2D eigenvalue weighted by Gasteiger charge is 2.27. The van der Waals surface area contributed by atoms with Gasteiger partial charge in [0.05, 0.1) is 5.60 Å². The number of hydrogen-bond donors (Lipinski definition) is 1. The smallest absolute Gasteiger partial charge is 0.0683 e. The zero-order valence-electron chi connectivity index (χ0n) is 9.22. The van der Waals surface area contributed by atoms with Crippen LogP contribution in [0.5, 0.6) is 0 Å². The molecule has 0 spiro atoms. The molecule has 0 saturated heterocycles. The van der Waals surface area contributed by atoms with E-state index in [4.69, 9.17) is 23.2 Å². The summed E-state index contributed by atoms with van der Waals surface area (Å²) < 4.78 is 0. The summed E-state index contributed by atoms with van der Waals surface area (Å²) in [6, 6.07) is 5.39. The average molecular weight is 247 g/mol. The quantitative estimate of drug-likeness (QED) is 0.857. The summed E-state index contributed by atoms with van der Waals surface area (Å²) in [4.78, 5) is 0. The average Bonchev–Trinajstić information content (AvgIpc) is 2.11. The second-order valence-electron chi connectivity index (χ2n) is 4.39. The first-order valence-corrected chi connectivity index (χ1v) is 5.75. The van der Waals surface area contributed by atoms with E-state index in [1.807, 2.05) is 13.8 Å². The van der Waals surface area contributed by atoms with Gasteiger partial charge in [-0.05, 0) is 30.5 Å². The number of halogens is 2. The van der Waals surface area contributed by atoms with E-state index in [2.05, 4.69) is 0 Å². The Morgan fingerprint density at radius 3 is 2.13 bits per heavy atom. The fourth-order valence-electron chi connectivity index (χ4n) is 1.26. The van der Waals surface area contributed by atoms with Crippen molar-refractivity contribution in [1.82, 2.24) is 0 Å². The zero-order chi connectivity index (χ0) is 11.6. The van der Waals surface area contributed by atoms with E-state index in [1.54, 1.807) is 25.1 Å². The molecule has 0 amide bonds. The number of rotatable bonds is 3. The molecule has 1 unspecified atom stereocenters.